The summed E-state index contributed by atoms with van der Waals surface area (Å²) in [4.78, 5) is 28.1. The van der Waals surface area contributed by atoms with E-state index in [0.717, 1.165) is 18.4 Å². The van der Waals surface area contributed by atoms with Crippen molar-refractivity contribution in [2.75, 3.05) is 19.6 Å². The van der Waals surface area contributed by atoms with Gasteiger partial charge in [0.1, 0.15) is 11.4 Å². The Hall–Kier alpha value is -2.11. The van der Waals surface area contributed by atoms with Crippen LogP contribution in [0.15, 0.2) is 18.2 Å². The maximum absolute atomic E-state index is 13.3. The number of benzene rings is 1. The number of hydrogen-bond acceptors (Lipinski definition) is 3. The van der Waals surface area contributed by atoms with Gasteiger partial charge in [0.2, 0.25) is 0 Å². The number of piperidine rings is 1. The summed E-state index contributed by atoms with van der Waals surface area (Å²) >= 11 is 0. The molecule has 0 atom stereocenters. The molecule has 1 saturated heterocycles. The van der Waals surface area contributed by atoms with Gasteiger partial charge in [-0.2, -0.15) is 0 Å². The third kappa shape index (κ3) is 4.11. The van der Waals surface area contributed by atoms with Crippen LogP contribution in [0.4, 0.5) is 9.18 Å². The lowest BCUT2D eigenvalue weighted by Gasteiger charge is -2.34. The molecule has 0 bridgehead atoms. The number of likely N-dealkylation sites (tertiary alicyclic amines) is 1. The van der Waals surface area contributed by atoms with Gasteiger partial charge in [0.25, 0.3) is 5.91 Å². The highest BCUT2D eigenvalue weighted by Gasteiger charge is 2.32. The van der Waals surface area contributed by atoms with Crippen LogP contribution in [0.3, 0.4) is 0 Å². The molecule has 2 aliphatic heterocycles. The number of carbonyl (C=O) groups excluding carboxylic acids is 2. The number of nitrogens with zero attached hydrogens (tertiary/aromatic N) is 2. The van der Waals surface area contributed by atoms with Crippen molar-refractivity contribution in [2.24, 2.45) is 5.92 Å². The maximum atomic E-state index is 13.3. The first-order chi connectivity index (χ1) is 11.7. The van der Waals surface area contributed by atoms with Crippen molar-refractivity contribution in [3.8, 4) is 0 Å². The minimum Gasteiger partial charge on any atom is -0.444 e. The van der Waals surface area contributed by atoms with Crippen LogP contribution in [0.2, 0.25) is 0 Å². The standard InChI is InChI=1S/C19H25FN2O3/c1-19(2,3)25-18(24)21-8-6-13(7-9-21)11-22-12-14-4-5-15(20)10-16(14)17(22)23/h4-5,10,13H,6-9,11-12H2,1-3H3. The second kappa shape index (κ2) is 6.65. The van der Waals surface area contributed by atoms with Crippen LogP contribution >= 0.6 is 0 Å². The summed E-state index contributed by atoms with van der Waals surface area (Å²) in [6.45, 7) is 8.05. The quantitative estimate of drug-likeness (QED) is 0.823. The fourth-order valence-corrected chi connectivity index (χ4v) is 3.42. The second-order valence-corrected chi connectivity index (χ2v) is 7.90. The molecule has 2 aliphatic rings. The third-order valence-electron chi connectivity index (χ3n) is 4.70. The lowest BCUT2D eigenvalue weighted by molar-refractivity contribution is 0.0167. The fourth-order valence-electron chi connectivity index (χ4n) is 3.42. The van der Waals surface area contributed by atoms with Crippen LogP contribution in [0.5, 0.6) is 0 Å². The second-order valence-electron chi connectivity index (χ2n) is 7.90. The molecule has 1 fully saturated rings. The molecule has 0 aromatic heterocycles. The Morgan fingerprint density at radius 3 is 2.60 bits per heavy atom. The maximum Gasteiger partial charge on any atom is 0.410 e. The highest BCUT2D eigenvalue weighted by molar-refractivity contribution is 5.98. The third-order valence-corrected chi connectivity index (χ3v) is 4.70. The Balaban J connectivity index is 1.52. The number of carbonyl (C=O) groups is 2. The zero-order valence-corrected chi connectivity index (χ0v) is 15.0. The average molecular weight is 348 g/mol. The predicted molar refractivity (Wildman–Crippen MR) is 91.7 cm³/mol. The van der Waals surface area contributed by atoms with Crippen molar-refractivity contribution < 1.29 is 18.7 Å². The Morgan fingerprint density at radius 2 is 1.96 bits per heavy atom. The SMILES string of the molecule is CC(C)(C)OC(=O)N1CCC(CN2Cc3ccc(F)cc3C2=O)CC1. The Morgan fingerprint density at radius 1 is 1.28 bits per heavy atom. The van der Waals surface area contributed by atoms with Gasteiger partial charge in [-0.25, -0.2) is 9.18 Å². The molecule has 0 saturated carbocycles. The van der Waals surface area contributed by atoms with Crippen molar-refractivity contribution in [1.82, 2.24) is 9.80 Å². The van der Waals surface area contributed by atoms with E-state index in [-0.39, 0.29) is 17.8 Å². The summed E-state index contributed by atoms with van der Waals surface area (Å²) in [5.41, 5.74) is 0.875. The summed E-state index contributed by atoms with van der Waals surface area (Å²) < 4.78 is 18.7. The van der Waals surface area contributed by atoms with Crippen molar-refractivity contribution in [2.45, 2.75) is 45.8 Å². The number of hydrogen-bond donors (Lipinski definition) is 0. The molecule has 5 nitrogen and oxygen atoms in total. The van der Waals surface area contributed by atoms with E-state index in [2.05, 4.69) is 0 Å². The fraction of sp³-hybridized carbons (Fsp3) is 0.579. The summed E-state index contributed by atoms with van der Waals surface area (Å²) in [6, 6.07) is 4.41. The summed E-state index contributed by atoms with van der Waals surface area (Å²) in [5.74, 6) is -0.120. The normalized spacial score (nSPS) is 18.5. The van der Waals surface area contributed by atoms with Crippen LogP contribution in [-0.4, -0.2) is 47.0 Å². The van der Waals surface area contributed by atoms with Crippen LogP contribution in [0.1, 0.15) is 49.5 Å². The number of fused-ring (bicyclic) bond motifs is 1. The van der Waals surface area contributed by atoms with Gasteiger partial charge in [-0.05, 0) is 57.2 Å². The molecule has 2 heterocycles. The van der Waals surface area contributed by atoms with Gasteiger partial charge >= 0.3 is 6.09 Å². The lowest BCUT2D eigenvalue weighted by atomic mass is 9.96. The highest BCUT2D eigenvalue weighted by Crippen LogP contribution is 2.27. The molecule has 1 aromatic rings. The molecule has 136 valence electrons. The van der Waals surface area contributed by atoms with Crippen LogP contribution in [0, 0.1) is 11.7 Å². The minimum atomic E-state index is -0.489. The number of ether oxygens (including phenoxy) is 1. The van der Waals surface area contributed by atoms with Gasteiger partial charge in [0.05, 0.1) is 0 Å². The Bertz CT molecular complexity index is 676. The number of rotatable bonds is 2. The zero-order chi connectivity index (χ0) is 18.2. The molecular weight excluding hydrogens is 323 g/mol. The van der Waals surface area contributed by atoms with Crippen LogP contribution < -0.4 is 0 Å². The lowest BCUT2D eigenvalue weighted by Crippen LogP contribution is -2.43. The summed E-state index contributed by atoms with van der Waals surface area (Å²) in [5, 5.41) is 0. The van der Waals surface area contributed by atoms with Crippen LogP contribution in [-0.2, 0) is 11.3 Å². The molecule has 2 amide bonds. The van der Waals surface area contributed by atoms with E-state index < -0.39 is 5.60 Å². The van der Waals surface area contributed by atoms with Gasteiger partial charge in [0.15, 0.2) is 0 Å². The molecule has 0 spiro atoms. The van der Waals surface area contributed by atoms with Crippen molar-refractivity contribution >= 4 is 12.0 Å². The molecular formula is C19H25FN2O3. The van der Waals surface area contributed by atoms with Crippen molar-refractivity contribution in [3.63, 3.8) is 0 Å². The van der Waals surface area contributed by atoms with E-state index in [0.29, 0.717) is 37.7 Å². The monoisotopic (exact) mass is 348 g/mol. The molecule has 1 aromatic carbocycles. The van der Waals surface area contributed by atoms with Gasteiger partial charge in [-0.15, -0.1) is 0 Å². The average Bonchev–Trinajstić information content (AvgIpc) is 2.82. The van der Waals surface area contributed by atoms with Gasteiger partial charge in [-0.1, -0.05) is 6.07 Å². The number of amides is 2. The molecule has 0 N–H and O–H groups in total. The van der Waals surface area contributed by atoms with E-state index in [9.17, 15) is 14.0 Å². The molecule has 25 heavy (non-hydrogen) atoms. The van der Waals surface area contributed by atoms with Crippen LogP contribution in [0.25, 0.3) is 0 Å². The van der Waals surface area contributed by atoms with E-state index in [1.54, 1.807) is 15.9 Å². The molecule has 0 aliphatic carbocycles. The molecule has 0 unspecified atom stereocenters. The highest BCUT2D eigenvalue weighted by atomic mass is 19.1. The largest absolute Gasteiger partial charge is 0.444 e. The molecule has 3 rings (SSSR count). The van der Waals surface area contributed by atoms with E-state index in [4.69, 9.17) is 4.74 Å². The van der Waals surface area contributed by atoms with E-state index >= 15 is 0 Å². The first-order valence-corrected chi connectivity index (χ1v) is 8.78. The van der Waals surface area contributed by atoms with Crippen molar-refractivity contribution in [1.29, 1.82) is 0 Å². The predicted octanol–water partition coefficient (Wildman–Crippen LogP) is 3.43. The first-order valence-electron chi connectivity index (χ1n) is 8.78. The van der Waals surface area contributed by atoms with E-state index in [1.807, 2.05) is 20.8 Å². The Labute approximate surface area is 147 Å². The summed E-state index contributed by atoms with van der Waals surface area (Å²) in [6.07, 6.45) is 1.41. The Kier molecular flexibility index (Phi) is 4.71. The minimum absolute atomic E-state index is 0.0935. The summed E-state index contributed by atoms with van der Waals surface area (Å²) in [7, 11) is 0. The molecule has 0 radical (unpaired) electrons. The number of halogens is 1. The first kappa shape index (κ1) is 17.7. The van der Waals surface area contributed by atoms with Crippen molar-refractivity contribution in [3.05, 3.63) is 35.1 Å². The zero-order valence-electron chi connectivity index (χ0n) is 15.0. The topological polar surface area (TPSA) is 49.9 Å². The smallest absolute Gasteiger partial charge is 0.410 e. The van der Waals surface area contributed by atoms with Gasteiger partial charge < -0.3 is 14.5 Å². The molecule has 6 heteroatoms. The van der Waals surface area contributed by atoms with Gasteiger partial charge in [-0.3, -0.25) is 4.79 Å². The van der Waals surface area contributed by atoms with E-state index in [1.165, 1.54) is 12.1 Å². The van der Waals surface area contributed by atoms with Gasteiger partial charge in [0, 0.05) is 31.7 Å².